The summed E-state index contributed by atoms with van der Waals surface area (Å²) in [6.07, 6.45) is 6.95. The normalized spacial score (nSPS) is 18.3. The minimum Gasteiger partial charge on any atom is -0.320 e. The molecule has 2 heterocycles. The van der Waals surface area contributed by atoms with Gasteiger partial charge in [0.05, 0.1) is 29.2 Å². The van der Waals surface area contributed by atoms with E-state index >= 15 is 0 Å². The zero-order valence-electron chi connectivity index (χ0n) is 20.6. The number of piperidine rings is 1. The van der Waals surface area contributed by atoms with Crippen LogP contribution < -0.4 is 10.2 Å². The van der Waals surface area contributed by atoms with Crippen molar-refractivity contribution in [3.05, 3.63) is 54.1 Å². The smallest absolute Gasteiger partial charge is 0.257 e. The van der Waals surface area contributed by atoms with E-state index in [9.17, 15) is 9.59 Å². The van der Waals surface area contributed by atoms with Crippen molar-refractivity contribution < 1.29 is 9.59 Å². The first-order chi connectivity index (χ1) is 16.6. The number of amides is 2. The Labute approximate surface area is 203 Å². The first-order valence-corrected chi connectivity index (χ1v) is 12.9. The van der Waals surface area contributed by atoms with E-state index in [0.717, 1.165) is 51.1 Å². The van der Waals surface area contributed by atoms with Gasteiger partial charge >= 0.3 is 0 Å². The number of fused-ring (bicyclic) bond motifs is 2. The van der Waals surface area contributed by atoms with Gasteiger partial charge in [0.1, 0.15) is 0 Å². The molecule has 1 unspecified atom stereocenters. The van der Waals surface area contributed by atoms with Crippen LogP contribution in [0.15, 0.2) is 48.5 Å². The minimum atomic E-state index is -0.180. The second-order valence-electron chi connectivity index (χ2n) is 9.47. The predicted molar refractivity (Wildman–Crippen MR) is 139 cm³/mol. The largest absolute Gasteiger partial charge is 0.320 e. The van der Waals surface area contributed by atoms with Crippen LogP contribution in [0.1, 0.15) is 62.7 Å². The molecule has 1 atom stereocenters. The first-order valence-electron chi connectivity index (χ1n) is 12.9. The standard InChI is InChI=1S/C28H38N4O2/c1-3-17-30(18-4-2)20-16-22-11-9-10-19-31(22)21-27(33)32-25-14-7-5-12-23(25)28(34)29-24-13-6-8-15-26(24)32/h5-8,12-15,22H,3-4,9-11,16-21H2,1-2H3,(H,29,34). The highest BCUT2D eigenvalue weighted by atomic mass is 16.2. The van der Waals surface area contributed by atoms with Crippen molar-refractivity contribution in [3.63, 3.8) is 0 Å². The molecule has 1 N–H and O–H groups in total. The number of carbonyl (C=O) groups is 2. The Hall–Kier alpha value is -2.70. The highest BCUT2D eigenvalue weighted by Crippen LogP contribution is 2.38. The van der Waals surface area contributed by atoms with E-state index in [4.69, 9.17) is 0 Å². The molecule has 2 aliphatic rings. The van der Waals surface area contributed by atoms with Crippen molar-refractivity contribution in [2.24, 2.45) is 0 Å². The molecule has 34 heavy (non-hydrogen) atoms. The Balaban J connectivity index is 1.55. The fourth-order valence-electron chi connectivity index (χ4n) is 5.36. The van der Waals surface area contributed by atoms with Crippen LogP contribution in [0.4, 0.5) is 17.1 Å². The van der Waals surface area contributed by atoms with Crippen molar-refractivity contribution in [1.29, 1.82) is 0 Å². The molecule has 2 aromatic rings. The molecule has 0 spiro atoms. The van der Waals surface area contributed by atoms with E-state index in [0.29, 0.717) is 29.5 Å². The lowest BCUT2D eigenvalue weighted by Crippen LogP contribution is -2.47. The second kappa shape index (κ2) is 11.6. The van der Waals surface area contributed by atoms with Gasteiger partial charge in [-0.25, -0.2) is 0 Å². The zero-order chi connectivity index (χ0) is 23.9. The molecule has 0 aliphatic carbocycles. The average Bonchev–Trinajstić information content (AvgIpc) is 2.97. The number of hydrogen-bond donors (Lipinski definition) is 1. The molecule has 6 nitrogen and oxygen atoms in total. The van der Waals surface area contributed by atoms with E-state index < -0.39 is 0 Å². The third-order valence-electron chi connectivity index (χ3n) is 6.98. The maximum Gasteiger partial charge on any atom is 0.257 e. The van der Waals surface area contributed by atoms with E-state index in [1.807, 2.05) is 42.5 Å². The van der Waals surface area contributed by atoms with Crippen molar-refractivity contribution in [3.8, 4) is 0 Å². The van der Waals surface area contributed by atoms with Gasteiger partial charge in [0, 0.05) is 6.04 Å². The molecule has 2 amide bonds. The van der Waals surface area contributed by atoms with Gasteiger partial charge in [-0.2, -0.15) is 0 Å². The molecule has 1 fully saturated rings. The van der Waals surface area contributed by atoms with E-state index in [-0.39, 0.29) is 11.8 Å². The number of para-hydroxylation sites is 3. The van der Waals surface area contributed by atoms with Gasteiger partial charge in [-0.15, -0.1) is 0 Å². The molecule has 0 aromatic heterocycles. The van der Waals surface area contributed by atoms with Crippen LogP contribution in [0.5, 0.6) is 0 Å². The van der Waals surface area contributed by atoms with Crippen LogP contribution in [-0.2, 0) is 4.79 Å². The summed E-state index contributed by atoms with van der Waals surface area (Å²) in [5.74, 6) is -0.164. The van der Waals surface area contributed by atoms with Gasteiger partial charge in [-0.1, -0.05) is 44.5 Å². The quantitative estimate of drug-likeness (QED) is 0.551. The summed E-state index contributed by atoms with van der Waals surface area (Å²) in [6.45, 7) is 9.17. The number of benzene rings is 2. The van der Waals surface area contributed by atoms with Gasteiger partial charge in [-0.3, -0.25) is 19.4 Å². The summed E-state index contributed by atoms with van der Waals surface area (Å²) in [4.78, 5) is 33.4. The maximum absolute atomic E-state index is 13.9. The summed E-state index contributed by atoms with van der Waals surface area (Å²) in [7, 11) is 0. The maximum atomic E-state index is 13.9. The lowest BCUT2D eigenvalue weighted by atomic mass is 9.98. The highest BCUT2D eigenvalue weighted by molar-refractivity contribution is 6.17. The van der Waals surface area contributed by atoms with Crippen molar-refractivity contribution in [2.45, 2.75) is 58.4 Å². The summed E-state index contributed by atoms with van der Waals surface area (Å²) >= 11 is 0. The fraction of sp³-hybridized carbons (Fsp3) is 0.500. The third-order valence-corrected chi connectivity index (χ3v) is 6.98. The van der Waals surface area contributed by atoms with Crippen LogP contribution in [0, 0.1) is 0 Å². The Morgan fingerprint density at radius 3 is 2.44 bits per heavy atom. The lowest BCUT2D eigenvalue weighted by Gasteiger charge is -2.37. The second-order valence-corrected chi connectivity index (χ2v) is 9.47. The van der Waals surface area contributed by atoms with Gasteiger partial charge in [0.25, 0.3) is 5.91 Å². The van der Waals surface area contributed by atoms with Crippen molar-refractivity contribution >= 4 is 28.9 Å². The lowest BCUT2D eigenvalue weighted by molar-refractivity contribution is -0.120. The molecular weight excluding hydrogens is 424 g/mol. The SMILES string of the molecule is CCCN(CCC)CCC1CCCCN1CC(=O)N1c2ccccc2NC(=O)c2ccccc21. The van der Waals surface area contributed by atoms with Crippen LogP contribution in [0.2, 0.25) is 0 Å². The van der Waals surface area contributed by atoms with E-state index in [2.05, 4.69) is 29.0 Å². The summed E-state index contributed by atoms with van der Waals surface area (Å²) in [5.41, 5.74) is 2.58. The summed E-state index contributed by atoms with van der Waals surface area (Å²) < 4.78 is 0. The van der Waals surface area contributed by atoms with Crippen LogP contribution >= 0.6 is 0 Å². The fourth-order valence-corrected chi connectivity index (χ4v) is 5.36. The highest BCUT2D eigenvalue weighted by Gasteiger charge is 2.32. The molecular formula is C28H38N4O2. The molecule has 6 heteroatoms. The Morgan fingerprint density at radius 2 is 1.68 bits per heavy atom. The first kappa shape index (κ1) is 24.4. The third kappa shape index (κ3) is 5.50. The number of carbonyl (C=O) groups excluding carboxylic acids is 2. The number of hydrogen-bond acceptors (Lipinski definition) is 4. The molecule has 0 saturated carbocycles. The van der Waals surface area contributed by atoms with Gasteiger partial charge in [-0.05, 0) is 82.5 Å². The number of nitrogens with one attached hydrogen (secondary N) is 1. The monoisotopic (exact) mass is 462 g/mol. The Morgan fingerprint density at radius 1 is 0.971 bits per heavy atom. The van der Waals surface area contributed by atoms with Gasteiger partial charge in [0.2, 0.25) is 5.91 Å². The molecule has 2 aliphatic heterocycles. The molecule has 0 bridgehead atoms. The molecule has 0 radical (unpaired) electrons. The molecule has 2 aromatic carbocycles. The Kier molecular flexibility index (Phi) is 8.35. The van der Waals surface area contributed by atoms with Crippen LogP contribution in [-0.4, -0.2) is 60.4 Å². The van der Waals surface area contributed by atoms with Crippen molar-refractivity contribution in [2.75, 3.05) is 42.9 Å². The summed E-state index contributed by atoms with van der Waals surface area (Å²) in [6, 6.07) is 15.4. The predicted octanol–water partition coefficient (Wildman–Crippen LogP) is 5.28. The van der Waals surface area contributed by atoms with Crippen LogP contribution in [0.3, 0.4) is 0 Å². The van der Waals surface area contributed by atoms with Crippen molar-refractivity contribution in [1.82, 2.24) is 9.80 Å². The van der Waals surface area contributed by atoms with Gasteiger partial charge < -0.3 is 10.2 Å². The minimum absolute atomic E-state index is 0.0160. The van der Waals surface area contributed by atoms with E-state index in [1.165, 1.54) is 19.3 Å². The summed E-state index contributed by atoms with van der Waals surface area (Å²) in [5, 5.41) is 2.98. The number of anilines is 3. The Bertz CT molecular complexity index is 986. The van der Waals surface area contributed by atoms with Crippen LogP contribution in [0.25, 0.3) is 0 Å². The number of rotatable bonds is 9. The molecule has 182 valence electrons. The zero-order valence-corrected chi connectivity index (χ0v) is 20.6. The van der Waals surface area contributed by atoms with E-state index in [1.54, 1.807) is 11.0 Å². The average molecular weight is 463 g/mol. The molecule has 1 saturated heterocycles. The number of nitrogens with zero attached hydrogens (tertiary/aromatic N) is 3. The van der Waals surface area contributed by atoms with Gasteiger partial charge in [0.15, 0.2) is 0 Å². The topological polar surface area (TPSA) is 55.9 Å². The molecule has 4 rings (SSSR count). The number of likely N-dealkylation sites (tertiary alicyclic amines) is 1.